The fraction of sp³-hybridized carbons (Fsp3) is 0.615. The van der Waals surface area contributed by atoms with E-state index in [-0.39, 0.29) is 12.5 Å². The van der Waals surface area contributed by atoms with E-state index < -0.39 is 0 Å². The zero-order valence-corrected chi connectivity index (χ0v) is 11.9. The molecule has 0 spiro atoms. The molecule has 4 nitrogen and oxygen atoms in total. The Hall–Kier alpha value is -0.910. The molecule has 5 heteroatoms. The van der Waals surface area contributed by atoms with E-state index in [2.05, 4.69) is 4.90 Å². The molecule has 1 heterocycles. The van der Waals surface area contributed by atoms with Crippen LogP contribution in [-0.2, 0) is 11.3 Å². The maximum atomic E-state index is 12.0. The van der Waals surface area contributed by atoms with Crippen LogP contribution in [0.5, 0.6) is 0 Å². The van der Waals surface area contributed by atoms with Crippen molar-refractivity contribution in [3.05, 3.63) is 22.4 Å². The van der Waals surface area contributed by atoms with E-state index in [1.807, 2.05) is 31.5 Å². The summed E-state index contributed by atoms with van der Waals surface area (Å²) in [6.45, 7) is 4.91. The number of nitrogens with zero attached hydrogens (tertiary/aromatic N) is 2. The summed E-state index contributed by atoms with van der Waals surface area (Å²) in [5.74, 6) is 0.128. The smallest absolute Gasteiger partial charge is 0.236 e. The van der Waals surface area contributed by atoms with Crippen LogP contribution in [0.15, 0.2) is 17.5 Å². The number of rotatable bonds is 8. The molecule has 0 atom stereocenters. The molecular formula is C13H22N2O2S. The molecule has 0 fully saturated rings. The number of amides is 1. The number of carbonyl (C=O) groups is 1. The zero-order valence-electron chi connectivity index (χ0n) is 11.1. The van der Waals surface area contributed by atoms with E-state index in [9.17, 15) is 4.79 Å². The zero-order chi connectivity index (χ0) is 13.4. The van der Waals surface area contributed by atoms with Gasteiger partial charge in [-0.25, -0.2) is 0 Å². The lowest BCUT2D eigenvalue weighted by molar-refractivity contribution is -0.131. The SMILES string of the molecule is CCN(CCCO)CC(=O)N(C)Cc1cccs1. The maximum Gasteiger partial charge on any atom is 0.236 e. The molecule has 0 saturated carbocycles. The van der Waals surface area contributed by atoms with Crippen LogP contribution in [0.3, 0.4) is 0 Å². The van der Waals surface area contributed by atoms with Gasteiger partial charge in [0.05, 0.1) is 13.1 Å². The van der Waals surface area contributed by atoms with Crippen LogP contribution in [0.1, 0.15) is 18.2 Å². The van der Waals surface area contributed by atoms with Gasteiger partial charge in [-0.15, -0.1) is 11.3 Å². The van der Waals surface area contributed by atoms with Gasteiger partial charge >= 0.3 is 0 Å². The highest BCUT2D eigenvalue weighted by molar-refractivity contribution is 7.09. The second-order valence-electron chi connectivity index (χ2n) is 4.28. The highest BCUT2D eigenvalue weighted by atomic mass is 32.1. The van der Waals surface area contributed by atoms with Crippen molar-refractivity contribution in [2.75, 3.05) is 33.3 Å². The molecule has 0 bridgehead atoms. The third kappa shape index (κ3) is 5.16. The first-order valence-corrected chi connectivity index (χ1v) is 7.15. The summed E-state index contributed by atoms with van der Waals surface area (Å²) in [7, 11) is 1.84. The lowest BCUT2D eigenvalue weighted by Crippen LogP contribution is -2.38. The lowest BCUT2D eigenvalue weighted by atomic mass is 10.3. The Kier molecular flexibility index (Phi) is 6.93. The number of thiophene rings is 1. The van der Waals surface area contributed by atoms with E-state index in [4.69, 9.17) is 5.11 Å². The molecule has 0 aliphatic carbocycles. The summed E-state index contributed by atoms with van der Waals surface area (Å²) in [6.07, 6.45) is 0.718. The van der Waals surface area contributed by atoms with Crippen molar-refractivity contribution in [2.45, 2.75) is 19.9 Å². The van der Waals surface area contributed by atoms with E-state index in [1.54, 1.807) is 16.2 Å². The van der Waals surface area contributed by atoms with Crippen molar-refractivity contribution in [1.29, 1.82) is 0 Å². The Balaban J connectivity index is 2.38. The Labute approximate surface area is 113 Å². The van der Waals surface area contributed by atoms with Gasteiger partial charge in [-0.1, -0.05) is 13.0 Å². The topological polar surface area (TPSA) is 43.8 Å². The molecule has 1 aromatic rings. The molecule has 102 valence electrons. The number of hydrogen-bond donors (Lipinski definition) is 1. The molecule has 18 heavy (non-hydrogen) atoms. The molecule has 1 aromatic heterocycles. The molecule has 0 unspecified atom stereocenters. The van der Waals surface area contributed by atoms with Crippen molar-refractivity contribution in [3.63, 3.8) is 0 Å². The standard InChI is InChI=1S/C13H22N2O2S/c1-3-15(7-5-8-16)11-13(17)14(2)10-12-6-4-9-18-12/h4,6,9,16H,3,5,7-8,10-11H2,1-2H3. The average Bonchev–Trinajstić information content (AvgIpc) is 2.86. The fourth-order valence-corrected chi connectivity index (χ4v) is 2.44. The van der Waals surface area contributed by atoms with Crippen LogP contribution in [-0.4, -0.2) is 54.1 Å². The Morgan fingerprint density at radius 3 is 2.83 bits per heavy atom. The summed E-state index contributed by atoms with van der Waals surface area (Å²) >= 11 is 1.67. The molecule has 0 aromatic carbocycles. The van der Waals surface area contributed by atoms with E-state index in [1.165, 1.54) is 4.88 Å². The van der Waals surface area contributed by atoms with Gasteiger partial charge in [-0.2, -0.15) is 0 Å². The first-order valence-electron chi connectivity index (χ1n) is 6.27. The molecule has 0 aliphatic rings. The fourth-order valence-electron chi connectivity index (χ4n) is 1.68. The number of aliphatic hydroxyl groups is 1. The second kappa shape index (κ2) is 8.24. The normalized spacial score (nSPS) is 10.9. The van der Waals surface area contributed by atoms with Crippen molar-refractivity contribution >= 4 is 17.2 Å². The third-order valence-corrected chi connectivity index (χ3v) is 3.70. The Bertz CT molecular complexity index is 341. The number of carbonyl (C=O) groups excluding carboxylic acids is 1. The molecule has 1 amide bonds. The summed E-state index contributed by atoms with van der Waals surface area (Å²) in [4.78, 5) is 17.0. The molecular weight excluding hydrogens is 248 g/mol. The Morgan fingerprint density at radius 1 is 1.50 bits per heavy atom. The van der Waals surface area contributed by atoms with Crippen LogP contribution in [0.25, 0.3) is 0 Å². The summed E-state index contributed by atoms with van der Waals surface area (Å²) in [5, 5.41) is 10.8. The number of likely N-dealkylation sites (N-methyl/N-ethyl adjacent to an activating group) is 2. The van der Waals surface area contributed by atoms with Crippen LogP contribution in [0.4, 0.5) is 0 Å². The maximum absolute atomic E-state index is 12.0. The van der Waals surface area contributed by atoms with Crippen LogP contribution < -0.4 is 0 Å². The minimum atomic E-state index is 0.128. The summed E-state index contributed by atoms with van der Waals surface area (Å²) < 4.78 is 0. The number of hydrogen-bond acceptors (Lipinski definition) is 4. The summed E-state index contributed by atoms with van der Waals surface area (Å²) in [6, 6.07) is 4.04. The first-order chi connectivity index (χ1) is 8.67. The largest absolute Gasteiger partial charge is 0.396 e. The summed E-state index contributed by atoms with van der Waals surface area (Å²) in [5.41, 5.74) is 0. The van der Waals surface area contributed by atoms with Crippen molar-refractivity contribution < 1.29 is 9.90 Å². The minimum absolute atomic E-state index is 0.128. The number of aliphatic hydroxyl groups excluding tert-OH is 1. The van der Waals surface area contributed by atoms with Gasteiger partial charge in [-0.05, 0) is 24.4 Å². The molecule has 1 N–H and O–H groups in total. The quantitative estimate of drug-likeness (QED) is 0.777. The molecule has 0 radical (unpaired) electrons. The monoisotopic (exact) mass is 270 g/mol. The van der Waals surface area contributed by atoms with Crippen LogP contribution >= 0.6 is 11.3 Å². The predicted octanol–water partition coefficient (Wildman–Crippen LogP) is 1.41. The predicted molar refractivity (Wildman–Crippen MR) is 74.6 cm³/mol. The first kappa shape index (κ1) is 15.1. The van der Waals surface area contributed by atoms with Gasteiger partial charge in [0.2, 0.25) is 5.91 Å². The van der Waals surface area contributed by atoms with Gasteiger partial charge in [0.15, 0.2) is 0 Å². The van der Waals surface area contributed by atoms with Gasteiger partial charge in [0, 0.05) is 25.1 Å². The van der Waals surface area contributed by atoms with Gasteiger partial charge in [-0.3, -0.25) is 9.69 Å². The Morgan fingerprint density at radius 2 is 2.28 bits per heavy atom. The molecule has 0 aliphatic heterocycles. The van der Waals surface area contributed by atoms with Crippen molar-refractivity contribution in [1.82, 2.24) is 9.80 Å². The van der Waals surface area contributed by atoms with Crippen LogP contribution in [0, 0.1) is 0 Å². The highest BCUT2D eigenvalue weighted by Crippen LogP contribution is 2.11. The van der Waals surface area contributed by atoms with Crippen LogP contribution in [0.2, 0.25) is 0 Å². The lowest BCUT2D eigenvalue weighted by Gasteiger charge is -2.23. The third-order valence-electron chi connectivity index (χ3n) is 2.84. The van der Waals surface area contributed by atoms with Crippen molar-refractivity contribution in [3.8, 4) is 0 Å². The van der Waals surface area contributed by atoms with E-state index >= 15 is 0 Å². The van der Waals surface area contributed by atoms with Gasteiger partial charge < -0.3 is 10.0 Å². The average molecular weight is 270 g/mol. The van der Waals surface area contributed by atoms with Crippen molar-refractivity contribution in [2.24, 2.45) is 0 Å². The van der Waals surface area contributed by atoms with Gasteiger partial charge in [0.1, 0.15) is 0 Å². The molecule has 1 rings (SSSR count). The van der Waals surface area contributed by atoms with Gasteiger partial charge in [0.25, 0.3) is 0 Å². The second-order valence-corrected chi connectivity index (χ2v) is 5.31. The minimum Gasteiger partial charge on any atom is -0.396 e. The van der Waals surface area contributed by atoms with E-state index in [0.29, 0.717) is 13.1 Å². The van der Waals surface area contributed by atoms with E-state index in [0.717, 1.165) is 19.5 Å². The molecule has 0 saturated heterocycles. The highest BCUT2D eigenvalue weighted by Gasteiger charge is 2.13.